The summed E-state index contributed by atoms with van der Waals surface area (Å²) in [6, 6.07) is 10.00. The van der Waals surface area contributed by atoms with Gasteiger partial charge in [0.25, 0.3) is 6.43 Å². The number of benzene rings is 1. The van der Waals surface area contributed by atoms with Crippen molar-refractivity contribution < 1.29 is 8.78 Å². The molecule has 1 atom stereocenters. The SMILES string of the molecule is CN(CC(F)F)CC(N)CCc1ccccc1. The summed E-state index contributed by atoms with van der Waals surface area (Å²) in [7, 11) is 1.68. The van der Waals surface area contributed by atoms with E-state index in [0.717, 1.165) is 12.8 Å². The maximum Gasteiger partial charge on any atom is 0.251 e. The minimum atomic E-state index is -2.29. The van der Waals surface area contributed by atoms with Crippen LogP contribution in [0.5, 0.6) is 0 Å². The van der Waals surface area contributed by atoms with Gasteiger partial charge in [0.2, 0.25) is 0 Å². The highest BCUT2D eigenvalue weighted by atomic mass is 19.3. The lowest BCUT2D eigenvalue weighted by atomic mass is 10.1. The molecule has 0 spiro atoms. The molecule has 1 rings (SSSR count). The van der Waals surface area contributed by atoms with Gasteiger partial charge in [-0.05, 0) is 25.5 Å². The van der Waals surface area contributed by atoms with Crippen LogP contribution >= 0.6 is 0 Å². The lowest BCUT2D eigenvalue weighted by Gasteiger charge is -2.20. The highest BCUT2D eigenvalue weighted by molar-refractivity contribution is 5.14. The minimum Gasteiger partial charge on any atom is -0.327 e. The van der Waals surface area contributed by atoms with E-state index in [1.54, 1.807) is 11.9 Å². The molecular weight excluding hydrogens is 222 g/mol. The van der Waals surface area contributed by atoms with Crippen LogP contribution in [0.25, 0.3) is 0 Å². The van der Waals surface area contributed by atoms with Crippen LogP contribution in [-0.2, 0) is 6.42 Å². The third kappa shape index (κ3) is 6.34. The van der Waals surface area contributed by atoms with Crippen molar-refractivity contribution in [2.45, 2.75) is 25.3 Å². The first kappa shape index (κ1) is 14.1. The van der Waals surface area contributed by atoms with Gasteiger partial charge in [-0.3, -0.25) is 4.90 Å². The second-order valence-corrected chi connectivity index (χ2v) is 4.40. The Balaban J connectivity index is 2.23. The van der Waals surface area contributed by atoms with Crippen LogP contribution in [0, 0.1) is 0 Å². The Hall–Kier alpha value is -1.00. The van der Waals surface area contributed by atoms with Gasteiger partial charge in [-0.2, -0.15) is 0 Å². The summed E-state index contributed by atoms with van der Waals surface area (Å²) in [4.78, 5) is 1.58. The van der Waals surface area contributed by atoms with Crippen molar-refractivity contribution in [3.63, 3.8) is 0 Å². The van der Waals surface area contributed by atoms with Gasteiger partial charge in [0.05, 0.1) is 6.54 Å². The van der Waals surface area contributed by atoms with E-state index < -0.39 is 6.43 Å². The Morgan fingerprint density at radius 2 is 1.82 bits per heavy atom. The van der Waals surface area contributed by atoms with Gasteiger partial charge in [0.1, 0.15) is 0 Å². The van der Waals surface area contributed by atoms with Gasteiger partial charge in [0, 0.05) is 12.6 Å². The van der Waals surface area contributed by atoms with Crippen molar-refractivity contribution in [3.05, 3.63) is 35.9 Å². The number of nitrogens with two attached hydrogens (primary N) is 1. The Morgan fingerprint density at radius 1 is 1.18 bits per heavy atom. The van der Waals surface area contributed by atoms with Crippen LogP contribution in [-0.4, -0.2) is 37.5 Å². The molecule has 4 heteroatoms. The quantitative estimate of drug-likeness (QED) is 0.793. The van der Waals surface area contributed by atoms with Crippen molar-refractivity contribution in [1.82, 2.24) is 4.90 Å². The van der Waals surface area contributed by atoms with E-state index in [0.29, 0.717) is 6.54 Å². The van der Waals surface area contributed by atoms with Gasteiger partial charge in [-0.1, -0.05) is 30.3 Å². The molecule has 0 saturated carbocycles. The van der Waals surface area contributed by atoms with Gasteiger partial charge < -0.3 is 5.73 Å². The lowest BCUT2D eigenvalue weighted by Crippen LogP contribution is -2.37. The molecule has 96 valence electrons. The number of alkyl halides is 2. The summed E-state index contributed by atoms with van der Waals surface area (Å²) in [6.45, 7) is 0.302. The summed E-state index contributed by atoms with van der Waals surface area (Å²) in [6.07, 6.45) is -0.580. The average Bonchev–Trinajstić information content (AvgIpc) is 2.26. The summed E-state index contributed by atoms with van der Waals surface area (Å²) in [5, 5.41) is 0. The molecule has 0 saturated heterocycles. The predicted octanol–water partition coefficient (Wildman–Crippen LogP) is 2.14. The van der Waals surface area contributed by atoms with Gasteiger partial charge in [-0.25, -0.2) is 8.78 Å². The molecule has 0 aliphatic rings. The average molecular weight is 242 g/mol. The molecule has 0 aliphatic carbocycles. The predicted molar refractivity (Wildman–Crippen MR) is 66.2 cm³/mol. The zero-order valence-corrected chi connectivity index (χ0v) is 10.2. The van der Waals surface area contributed by atoms with E-state index in [2.05, 4.69) is 12.1 Å². The van der Waals surface area contributed by atoms with E-state index in [1.807, 2.05) is 18.2 Å². The number of hydrogen-bond donors (Lipinski definition) is 1. The molecule has 0 amide bonds. The molecule has 0 bridgehead atoms. The van der Waals surface area contributed by atoms with E-state index >= 15 is 0 Å². The van der Waals surface area contributed by atoms with E-state index in [4.69, 9.17) is 5.73 Å². The Kier molecular flexibility index (Phi) is 6.08. The van der Waals surface area contributed by atoms with Gasteiger partial charge in [-0.15, -0.1) is 0 Å². The highest BCUT2D eigenvalue weighted by Crippen LogP contribution is 2.05. The first-order valence-corrected chi connectivity index (χ1v) is 5.84. The second kappa shape index (κ2) is 7.35. The maximum absolute atomic E-state index is 12.1. The van der Waals surface area contributed by atoms with Crippen molar-refractivity contribution in [3.8, 4) is 0 Å². The minimum absolute atomic E-state index is 0.0565. The van der Waals surface area contributed by atoms with Crippen LogP contribution in [0.15, 0.2) is 30.3 Å². The van der Waals surface area contributed by atoms with Crippen LogP contribution in [0.3, 0.4) is 0 Å². The van der Waals surface area contributed by atoms with Crippen molar-refractivity contribution in [1.29, 1.82) is 0 Å². The number of hydrogen-bond acceptors (Lipinski definition) is 2. The normalized spacial score (nSPS) is 13.3. The zero-order valence-electron chi connectivity index (χ0n) is 10.2. The van der Waals surface area contributed by atoms with Crippen LogP contribution in [0.2, 0.25) is 0 Å². The van der Waals surface area contributed by atoms with Crippen molar-refractivity contribution in [2.75, 3.05) is 20.1 Å². The summed E-state index contributed by atoms with van der Waals surface area (Å²) >= 11 is 0. The van der Waals surface area contributed by atoms with Crippen LogP contribution in [0.1, 0.15) is 12.0 Å². The zero-order chi connectivity index (χ0) is 12.7. The molecule has 2 N–H and O–H groups in total. The number of rotatable bonds is 7. The number of likely N-dealkylation sites (N-methyl/N-ethyl adjacent to an activating group) is 1. The first-order chi connectivity index (χ1) is 8.08. The van der Waals surface area contributed by atoms with Crippen molar-refractivity contribution in [2.24, 2.45) is 5.73 Å². The second-order valence-electron chi connectivity index (χ2n) is 4.40. The lowest BCUT2D eigenvalue weighted by molar-refractivity contribution is 0.0975. The van der Waals surface area contributed by atoms with Gasteiger partial charge >= 0.3 is 0 Å². The Labute approximate surface area is 101 Å². The fourth-order valence-electron chi connectivity index (χ4n) is 1.80. The van der Waals surface area contributed by atoms with Gasteiger partial charge in [0.15, 0.2) is 0 Å². The smallest absolute Gasteiger partial charge is 0.251 e. The molecule has 0 aromatic heterocycles. The molecule has 1 aromatic rings. The summed E-state index contributed by atoms with van der Waals surface area (Å²) in [5.74, 6) is 0. The molecule has 2 nitrogen and oxygen atoms in total. The maximum atomic E-state index is 12.1. The Bertz CT molecular complexity index is 304. The molecule has 1 aromatic carbocycles. The monoisotopic (exact) mass is 242 g/mol. The largest absolute Gasteiger partial charge is 0.327 e. The summed E-state index contributed by atoms with van der Waals surface area (Å²) < 4.78 is 24.2. The van der Waals surface area contributed by atoms with E-state index in [-0.39, 0.29) is 12.6 Å². The highest BCUT2D eigenvalue weighted by Gasteiger charge is 2.11. The van der Waals surface area contributed by atoms with E-state index in [9.17, 15) is 8.78 Å². The molecule has 0 heterocycles. The molecule has 17 heavy (non-hydrogen) atoms. The molecule has 1 unspecified atom stereocenters. The van der Waals surface area contributed by atoms with Crippen LogP contribution in [0.4, 0.5) is 8.78 Å². The van der Waals surface area contributed by atoms with Crippen molar-refractivity contribution >= 4 is 0 Å². The molecular formula is C13H20F2N2. The number of nitrogens with zero attached hydrogens (tertiary/aromatic N) is 1. The molecule has 0 fully saturated rings. The Morgan fingerprint density at radius 3 is 2.41 bits per heavy atom. The number of aryl methyl sites for hydroxylation is 1. The fourth-order valence-corrected chi connectivity index (χ4v) is 1.80. The molecule has 0 radical (unpaired) electrons. The standard InChI is InChI=1S/C13H20F2N2/c1-17(10-13(14)15)9-12(16)8-7-11-5-3-2-4-6-11/h2-6,12-13H,7-10,16H2,1H3. The summed E-state index contributed by atoms with van der Waals surface area (Å²) in [5.41, 5.74) is 7.15. The van der Waals surface area contributed by atoms with E-state index in [1.165, 1.54) is 5.56 Å². The third-order valence-corrected chi connectivity index (χ3v) is 2.64. The topological polar surface area (TPSA) is 29.3 Å². The fraction of sp³-hybridized carbons (Fsp3) is 0.538. The third-order valence-electron chi connectivity index (χ3n) is 2.64. The first-order valence-electron chi connectivity index (χ1n) is 5.84. The number of halogens is 2. The van der Waals surface area contributed by atoms with Crippen LogP contribution < -0.4 is 5.73 Å². The molecule has 0 aliphatic heterocycles.